The fourth-order valence-corrected chi connectivity index (χ4v) is 2.86. The van der Waals surface area contributed by atoms with Crippen LogP contribution in [0.25, 0.3) is 0 Å². The van der Waals surface area contributed by atoms with Crippen LogP contribution in [0, 0.1) is 0 Å². The van der Waals surface area contributed by atoms with Gasteiger partial charge in [0.1, 0.15) is 0 Å². The Hall–Kier alpha value is -1.17. The number of para-hydroxylation sites is 1. The van der Waals surface area contributed by atoms with Crippen molar-refractivity contribution in [1.29, 1.82) is 0 Å². The van der Waals surface area contributed by atoms with Crippen LogP contribution in [0.3, 0.4) is 0 Å². The normalized spacial score (nSPS) is 13.4. The van der Waals surface area contributed by atoms with Crippen molar-refractivity contribution in [3.8, 4) is 0 Å². The maximum Gasteiger partial charge on any atom is 0.341 e. The summed E-state index contributed by atoms with van der Waals surface area (Å²) in [6, 6.07) is 5.85. The van der Waals surface area contributed by atoms with E-state index in [9.17, 15) is 17.2 Å². The molecule has 0 radical (unpaired) electrons. The van der Waals surface area contributed by atoms with Gasteiger partial charge in [-0.15, -0.1) is 0 Å². The van der Waals surface area contributed by atoms with Gasteiger partial charge in [0.15, 0.2) is 0 Å². The van der Waals surface area contributed by atoms with Gasteiger partial charge in [-0.1, -0.05) is 38.3 Å². The largest absolute Gasteiger partial charge is 0.382 e. The van der Waals surface area contributed by atoms with Gasteiger partial charge in [-0.2, -0.15) is 8.78 Å². The molecule has 0 aliphatic carbocycles. The Bertz CT molecular complexity index is 518. The number of benzene rings is 1. The predicted octanol–water partition coefficient (Wildman–Crippen LogP) is 4.06. The standard InChI is InChI=1S/C14H21F2NO2S/c1-3-4-5-8-11(2)17-12-9-6-7-10-13(12)20(18,19)14(15)16/h6-7,9-11,14,17H,3-5,8H2,1-2H3. The summed E-state index contributed by atoms with van der Waals surface area (Å²) < 4.78 is 48.5. The number of sulfone groups is 1. The SMILES string of the molecule is CCCCCC(C)Nc1ccccc1S(=O)(=O)C(F)F. The molecule has 20 heavy (non-hydrogen) atoms. The third kappa shape index (κ3) is 4.44. The number of halogens is 2. The molecule has 0 fully saturated rings. The van der Waals surface area contributed by atoms with Crippen LogP contribution in [-0.2, 0) is 9.84 Å². The van der Waals surface area contributed by atoms with Crippen molar-refractivity contribution in [3.63, 3.8) is 0 Å². The molecular formula is C14H21F2NO2S. The minimum atomic E-state index is -4.57. The topological polar surface area (TPSA) is 46.2 Å². The van der Waals surface area contributed by atoms with Crippen LogP contribution < -0.4 is 5.32 Å². The van der Waals surface area contributed by atoms with Crippen LogP contribution >= 0.6 is 0 Å². The molecule has 1 N–H and O–H groups in total. The van der Waals surface area contributed by atoms with E-state index in [-0.39, 0.29) is 16.6 Å². The van der Waals surface area contributed by atoms with Crippen LogP contribution in [0.4, 0.5) is 14.5 Å². The Morgan fingerprint density at radius 3 is 2.45 bits per heavy atom. The van der Waals surface area contributed by atoms with E-state index < -0.39 is 15.6 Å². The minimum absolute atomic E-state index is 0.0376. The Labute approximate surface area is 119 Å². The lowest BCUT2D eigenvalue weighted by Gasteiger charge is -2.18. The lowest BCUT2D eigenvalue weighted by atomic mass is 10.1. The molecule has 3 nitrogen and oxygen atoms in total. The average Bonchev–Trinajstić information content (AvgIpc) is 2.39. The molecule has 1 unspecified atom stereocenters. The van der Waals surface area contributed by atoms with Gasteiger partial charge in [-0.3, -0.25) is 0 Å². The highest BCUT2D eigenvalue weighted by Gasteiger charge is 2.29. The summed E-state index contributed by atoms with van der Waals surface area (Å²) in [6.45, 7) is 4.02. The fraction of sp³-hybridized carbons (Fsp3) is 0.571. The number of hydrogen-bond acceptors (Lipinski definition) is 3. The quantitative estimate of drug-likeness (QED) is 0.737. The summed E-state index contributed by atoms with van der Waals surface area (Å²) in [5.74, 6) is -3.40. The lowest BCUT2D eigenvalue weighted by Crippen LogP contribution is -2.19. The van der Waals surface area contributed by atoms with Crippen molar-refractivity contribution in [3.05, 3.63) is 24.3 Å². The first-order valence-corrected chi connectivity index (χ1v) is 8.31. The van der Waals surface area contributed by atoms with Crippen molar-refractivity contribution in [2.75, 3.05) is 5.32 Å². The Balaban J connectivity index is 2.86. The molecule has 1 aromatic carbocycles. The summed E-state index contributed by atoms with van der Waals surface area (Å²) in [5, 5.41) is 3.02. The fourth-order valence-electron chi connectivity index (χ4n) is 1.97. The summed E-state index contributed by atoms with van der Waals surface area (Å²) in [4.78, 5) is -0.336. The smallest absolute Gasteiger partial charge is 0.341 e. The van der Waals surface area contributed by atoms with Gasteiger partial charge in [0, 0.05) is 6.04 Å². The molecule has 0 saturated heterocycles. The van der Waals surface area contributed by atoms with Crippen LogP contribution in [0.5, 0.6) is 0 Å². The van der Waals surface area contributed by atoms with Crippen molar-refractivity contribution >= 4 is 15.5 Å². The molecule has 0 aliphatic rings. The van der Waals surface area contributed by atoms with E-state index in [0.717, 1.165) is 25.7 Å². The number of hydrogen-bond donors (Lipinski definition) is 1. The third-order valence-electron chi connectivity index (χ3n) is 3.07. The van der Waals surface area contributed by atoms with Crippen molar-refractivity contribution < 1.29 is 17.2 Å². The number of unbranched alkanes of at least 4 members (excludes halogenated alkanes) is 2. The monoisotopic (exact) mass is 305 g/mol. The average molecular weight is 305 g/mol. The maximum absolute atomic E-state index is 12.6. The molecule has 6 heteroatoms. The molecule has 0 saturated carbocycles. The van der Waals surface area contributed by atoms with Crippen LogP contribution in [-0.4, -0.2) is 20.2 Å². The van der Waals surface area contributed by atoms with Gasteiger partial charge < -0.3 is 5.32 Å². The Kier molecular flexibility index (Phi) is 6.39. The van der Waals surface area contributed by atoms with Gasteiger partial charge >= 0.3 is 5.76 Å². The molecule has 1 atom stereocenters. The number of anilines is 1. The van der Waals surface area contributed by atoms with Crippen molar-refractivity contribution in [2.45, 2.75) is 56.2 Å². The summed E-state index contributed by atoms with van der Waals surface area (Å²) in [7, 11) is -4.57. The van der Waals surface area contributed by atoms with Crippen LogP contribution in [0.1, 0.15) is 39.5 Å². The molecule has 0 heterocycles. The van der Waals surface area contributed by atoms with Gasteiger partial charge in [0.05, 0.1) is 10.6 Å². The zero-order valence-electron chi connectivity index (χ0n) is 11.8. The number of alkyl halides is 2. The van der Waals surface area contributed by atoms with Crippen LogP contribution in [0.2, 0.25) is 0 Å². The van der Waals surface area contributed by atoms with Gasteiger partial charge in [-0.25, -0.2) is 8.42 Å². The van der Waals surface area contributed by atoms with Crippen molar-refractivity contribution in [1.82, 2.24) is 0 Å². The molecule has 0 spiro atoms. The third-order valence-corrected chi connectivity index (χ3v) is 4.51. The highest BCUT2D eigenvalue weighted by molar-refractivity contribution is 7.91. The first-order chi connectivity index (χ1) is 9.39. The van der Waals surface area contributed by atoms with E-state index in [2.05, 4.69) is 12.2 Å². The van der Waals surface area contributed by atoms with E-state index in [4.69, 9.17) is 0 Å². The number of nitrogens with one attached hydrogen (secondary N) is 1. The molecule has 0 bridgehead atoms. The van der Waals surface area contributed by atoms with Crippen LogP contribution in [0.15, 0.2) is 29.2 Å². The summed E-state index contributed by atoms with van der Waals surface area (Å²) in [6.07, 6.45) is 4.09. The molecular weight excluding hydrogens is 284 g/mol. The van der Waals surface area contributed by atoms with E-state index in [1.165, 1.54) is 18.2 Å². The lowest BCUT2D eigenvalue weighted by molar-refractivity contribution is 0.235. The molecule has 1 aromatic rings. The summed E-state index contributed by atoms with van der Waals surface area (Å²) in [5.41, 5.74) is 0.247. The molecule has 1 rings (SSSR count). The first-order valence-electron chi connectivity index (χ1n) is 6.77. The van der Waals surface area contributed by atoms with E-state index in [0.29, 0.717) is 0 Å². The first kappa shape index (κ1) is 16.9. The zero-order valence-corrected chi connectivity index (χ0v) is 12.6. The predicted molar refractivity (Wildman–Crippen MR) is 76.9 cm³/mol. The van der Waals surface area contributed by atoms with Gasteiger partial charge in [-0.05, 0) is 25.5 Å². The number of rotatable bonds is 8. The molecule has 114 valence electrons. The Morgan fingerprint density at radius 1 is 1.20 bits per heavy atom. The molecule has 0 aliphatic heterocycles. The second-order valence-electron chi connectivity index (χ2n) is 4.84. The Morgan fingerprint density at radius 2 is 1.85 bits per heavy atom. The molecule has 0 amide bonds. The highest BCUT2D eigenvalue weighted by Crippen LogP contribution is 2.27. The van der Waals surface area contributed by atoms with E-state index in [1.54, 1.807) is 6.07 Å². The van der Waals surface area contributed by atoms with Gasteiger partial charge in [0.2, 0.25) is 9.84 Å². The van der Waals surface area contributed by atoms with E-state index >= 15 is 0 Å². The second kappa shape index (κ2) is 7.57. The van der Waals surface area contributed by atoms with Gasteiger partial charge in [0.25, 0.3) is 0 Å². The maximum atomic E-state index is 12.6. The second-order valence-corrected chi connectivity index (χ2v) is 6.73. The summed E-state index contributed by atoms with van der Waals surface area (Å²) >= 11 is 0. The van der Waals surface area contributed by atoms with E-state index in [1.807, 2.05) is 6.92 Å². The van der Waals surface area contributed by atoms with Crippen molar-refractivity contribution in [2.24, 2.45) is 0 Å². The zero-order chi connectivity index (χ0) is 15.2. The minimum Gasteiger partial charge on any atom is -0.382 e. The highest BCUT2D eigenvalue weighted by atomic mass is 32.2. The molecule has 0 aromatic heterocycles.